The van der Waals surface area contributed by atoms with E-state index in [1.165, 1.54) is 0 Å². The Labute approximate surface area is 65.9 Å². The number of hydrogen-bond donors (Lipinski definition) is 1. The van der Waals surface area contributed by atoms with Crippen LogP contribution in [0.25, 0.3) is 0 Å². The summed E-state index contributed by atoms with van der Waals surface area (Å²) in [6.45, 7) is 0.868. The second-order valence-electron chi connectivity index (χ2n) is 4.01. The van der Waals surface area contributed by atoms with Gasteiger partial charge in [0.15, 0.2) is 0 Å². The predicted octanol–water partition coefficient (Wildman–Crippen LogP) is -0.551. The lowest BCUT2D eigenvalue weighted by molar-refractivity contribution is 0.0108. The van der Waals surface area contributed by atoms with Gasteiger partial charge >= 0.3 is 0 Å². The third kappa shape index (κ3) is 0.567. The monoisotopic (exact) mass is 155 g/mol. The highest BCUT2D eigenvalue weighted by atomic mass is 16.5. The molecule has 3 heterocycles. The van der Waals surface area contributed by atoms with Gasteiger partial charge in [-0.25, -0.2) is 0 Å². The van der Waals surface area contributed by atoms with Crippen molar-refractivity contribution in [2.45, 2.75) is 30.7 Å². The molecule has 3 heteroatoms. The van der Waals surface area contributed by atoms with Crippen molar-refractivity contribution in [3.63, 3.8) is 0 Å². The lowest BCUT2D eigenvalue weighted by atomic mass is 9.89. The maximum Gasteiger partial charge on any atom is 0.101 e. The lowest BCUT2D eigenvalue weighted by Crippen LogP contribution is -2.36. The van der Waals surface area contributed by atoms with Gasteiger partial charge in [0.25, 0.3) is 0 Å². The Bertz CT molecular complexity index is 190. The zero-order valence-electron chi connectivity index (χ0n) is 6.60. The summed E-state index contributed by atoms with van der Waals surface area (Å²) in [4.78, 5) is 2.30. The third-order valence-corrected chi connectivity index (χ3v) is 3.59. The Kier molecular flexibility index (Phi) is 1.04. The number of rotatable bonds is 0. The Hall–Kier alpha value is -0.120. The van der Waals surface area contributed by atoms with Crippen molar-refractivity contribution in [3.05, 3.63) is 0 Å². The molecule has 0 saturated carbocycles. The quantitative estimate of drug-likeness (QED) is 0.509. The van der Waals surface area contributed by atoms with Crippen LogP contribution in [0.15, 0.2) is 0 Å². The molecule has 62 valence electrons. The molecular weight excluding hydrogens is 142 g/mol. The topological polar surface area (TPSA) is 32.7 Å². The molecule has 0 aromatic heterocycles. The number of hydrogen-bond acceptors (Lipinski definition) is 3. The van der Waals surface area contributed by atoms with Crippen LogP contribution in [0.3, 0.4) is 0 Å². The highest BCUT2D eigenvalue weighted by Gasteiger charge is 2.60. The normalized spacial score (nSPS) is 61.1. The Morgan fingerprint density at radius 3 is 3.00 bits per heavy atom. The summed E-state index contributed by atoms with van der Waals surface area (Å²) in [7, 11) is 2.10. The van der Waals surface area contributed by atoms with Gasteiger partial charge in [-0.3, -0.25) is 4.90 Å². The van der Waals surface area contributed by atoms with E-state index in [-0.39, 0.29) is 12.2 Å². The van der Waals surface area contributed by atoms with E-state index in [2.05, 4.69) is 11.9 Å². The van der Waals surface area contributed by atoms with Crippen LogP contribution < -0.4 is 0 Å². The SMILES string of the molecule is CN1[C@@H]2[C@H]3CO[C@@H]2[C@@H](O)[C@@H]1C3. The standard InChI is InChI=1S/C8H13NO2/c1-9-5-2-4-3-11-8(6(4)9)7(5)10/h4-8,10H,2-3H2,1H3/t4-,5+,6-,7+,8+/m1/s1. The Morgan fingerprint density at radius 2 is 2.36 bits per heavy atom. The van der Waals surface area contributed by atoms with Crippen molar-refractivity contribution >= 4 is 0 Å². The molecule has 3 saturated heterocycles. The van der Waals surface area contributed by atoms with Gasteiger partial charge in [-0.15, -0.1) is 0 Å². The van der Waals surface area contributed by atoms with Crippen molar-refractivity contribution in [2.75, 3.05) is 13.7 Å². The second-order valence-corrected chi connectivity index (χ2v) is 4.01. The van der Waals surface area contributed by atoms with E-state index in [9.17, 15) is 5.11 Å². The summed E-state index contributed by atoms with van der Waals surface area (Å²) in [6, 6.07) is 0.910. The minimum absolute atomic E-state index is 0.128. The van der Waals surface area contributed by atoms with Crippen molar-refractivity contribution in [2.24, 2.45) is 5.92 Å². The molecule has 0 aromatic rings. The van der Waals surface area contributed by atoms with Gasteiger partial charge in [0.1, 0.15) is 6.10 Å². The van der Waals surface area contributed by atoms with Crippen LogP contribution in [0.5, 0.6) is 0 Å². The number of aliphatic hydroxyl groups is 1. The first-order valence-corrected chi connectivity index (χ1v) is 4.30. The van der Waals surface area contributed by atoms with Crippen molar-refractivity contribution in [1.82, 2.24) is 4.90 Å². The van der Waals surface area contributed by atoms with E-state index in [1.807, 2.05) is 0 Å². The molecule has 2 bridgehead atoms. The molecule has 3 rings (SSSR count). The Balaban J connectivity index is 2.02. The van der Waals surface area contributed by atoms with E-state index < -0.39 is 0 Å². The van der Waals surface area contributed by atoms with Crippen molar-refractivity contribution in [1.29, 1.82) is 0 Å². The summed E-state index contributed by atoms with van der Waals surface area (Å²) in [5.74, 6) is 0.707. The highest BCUT2D eigenvalue weighted by Crippen LogP contribution is 2.46. The molecule has 3 aliphatic rings. The maximum absolute atomic E-state index is 9.71. The molecular formula is C8H13NO2. The summed E-state index contributed by atoms with van der Waals surface area (Å²) in [5, 5.41) is 9.71. The zero-order valence-corrected chi connectivity index (χ0v) is 6.60. The number of likely N-dealkylation sites (N-methyl/N-ethyl adjacent to an activating group) is 1. The van der Waals surface area contributed by atoms with Gasteiger partial charge in [0.2, 0.25) is 0 Å². The van der Waals surface area contributed by atoms with E-state index in [0.717, 1.165) is 13.0 Å². The van der Waals surface area contributed by atoms with Crippen molar-refractivity contribution in [3.8, 4) is 0 Å². The molecule has 11 heavy (non-hydrogen) atoms. The first-order chi connectivity index (χ1) is 5.29. The van der Waals surface area contributed by atoms with E-state index in [0.29, 0.717) is 18.0 Å². The first kappa shape index (κ1) is 6.40. The molecule has 0 amide bonds. The van der Waals surface area contributed by atoms with Gasteiger partial charge < -0.3 is 9.84 Å². The maximum atomic E-state index is 9.71. The lowest BCUT2D eigenvalue weighted by Gasteiger charge is -2.18. The fraction of sp³-hybridized carbons (Fsp3) is 1.00. The van der Waals surface area contributed by atoms with Gasteiger partial charge in [-0.1, -0.05) is 0 Å². The molecule has 3 aliphatic heterocycles. The third-order valence-electron chi connectivity index (χ3n) is 3.59. The molecule has 0 aromatic carbocycles. The van der Waals surface area contributed by atoms with Gasteiger partial charge in [0.05, 0.1) is 12.7 Å². The fourth-order valence-electron chi connectivity index (χ4n) is 3.07. The second kappa shape index (κ2) is 1.79. The number of nitrogens with zero attached hydrogens (tertiary/aromatic N) is 1. The van der Waals surface area contributed by atoms with E-state index >= 15 is 0 Å². The molecule has 3 nitrogen and oxygen atoms in total. The summed E-state index contributed by atoms with van der Waals surface area (Å²) in [5.41, 5.74) is 0. The summed E-state index contributed by atoms with van der Waals surface area (Å²) in [6.07, 6.45) is 1.05. The van der Waals surface area contributed by atoms with Gasteiger partial charge in [-0.05, 0) is 13.5 Å². The summed E-state index contributed by atoms with van der Waals surface area (Å²) >= 11 is 0. The molecule has 0 aliphatic carbocycles. The van der Waals surface area contributed by atoms with Crippen LogP contribution in [0.2, 0.25) is 0 Å². The summed E-state index contributed by atoms with van der Waals surface area (Å²) < 4.78 is 5.52. The van der Waals surface area contributed by atoms with Gasteiger partial charge in [0, 0.05) is 18.0 Å². The van der Waals surface area contributed by atoms with Crippen LogP contribution >= 0.6 is 0 Å². The van der Waals surface area contributed by atoms with Crippen LogP contribution in [-0.2, 0) is 4.74 Å². The molecule has 5 atom stereocenters. The molecule has 0 unspecified atom stereocenters. The predicted molar refractivity (Wildman–Crippen MR) is 39.2 cm³/mol. The van der Waals surface area contributed by atoms with E-state index in [1.54, 1.807) is 0 Å². The Morgan fingerprint density at radius 1 is 1.55 bits per heavy atom. The molecule has 1 N–H and O–H groups in total. The number of fused-ring (bicyclic) bond motifs is 1. The number of aliphatic hydroxyl groups excluding tert-OH is 1. The fourth-order valence-corrected chi connectivity index (χ4v) is 3.07. The van der Waals surface area contributed by atoms with Gasteiger partial charge in [-0.2, -0.15) is 0 Å². The number of ether oxygens (including phenoxy) is 1. The highest BCUT2D eigenvalue weighted by molar-refractivity contribution is 5.12. The van der Waals surface area contributed by atoms with Crippen LogP contribution in [0.4, 0.5) is 0 Å². The van der Waals surface area contributed by atoms with Crippen LogP contribution in [0, 0.1) is 5.92 Å². The van der Waals surface area contributed by atoms with Crippen LogP contribution in [-0.4, -0.2) is 48.0 Å². The smallest absolute Gasteiger partial charge is 0.101 e. The first-order valence-electron chi connectivity index (χ1n) is 4.30. The average Bonchev–Trinajstić information content (AvgIpc) is 2.52. The average molecular weight is 155 g/mol. The largest absolute Gasteiger partial charge is 0.389 e. The molecule has 0 radical (unpaired) electrons. The van der Waals surface area contributed by atoms with E-state index in [4.69, 9.17) is 4.74 Å². The minimum Gasteiger partial charge on any atom is -0.389 e. The molecule has 3 fully saturated rings. The van der Waals surface area contributed by atoms with Crippen molar-refractivity contribution < 1.29 is 9.84 Å². The minimum atomic E-state index is -0.219. The zero-order chi connectivity index (χ0) is 7.59. The molecule has 0 spiro atoms. The van der Waals surface area contributed by atoms with Crippen LogP contribution in [0.1, 0.15) is 6.42 Å².